The van der Waals surface area contributed by atoms with E-state index in [-0.39, 0.29) is 0 Å². The summed E-state index contributed by atoms with van der Waals surface area (Å²) in [6.45, 7) is 7.93. The second kappa shape index (κ2) is 5.21. The monoisotopic (exact) mass is 220 g/mol. The van der Waals surface area contributed by atoms with Gasteiger partial charge in [0, 0.05) is 19.6 Å². The molecule has 2 rings (SSSR count). The molecule has 0 aromatic heterocycles. The molecule has 0 amide bonds. The van der Waals surface area contributed by atoms with Crippen LogP contribution in [0.1, 0.15) is 32.6 Å². The van der Waals surface area contributed by atoms with Gasteiger partial charge in [0.2, 0.25) is 0 Å². The average molecular weight is 220 g/mol. The largest absolute Gasteiger partial charge is 0.316 e. The Morgan fingerprint density at radius 2 is 2.31 bits per heavy atom. The van der Waals surface area contributed by atoms with Crippen molar-refractivity contribution < 1.29 is 0 Å². The molecule has 1 unspecified atom stereocenters. The van der Waals surface area contributed by atoms with E-state index in [1.807, 2.05) is 0 Å². The second-order valence-corrected chi connectivity index (χ2v) is 5.60. The van der Waals surface area contributed by atoms with E-state index < -0.39 is 0 Å². The third-order valence-electron chi connectivity index (χ3n) is 4.17. The minimum absolute atomic E-state index is 0.492. The summed E-state index contributed by atoms with van der Waals surface area (Å²) < 4.78 is 0. The van der Waals surface area contributed by atoms with E-state index >= 15 is 0 Å². The molecule has 0 aromatic carbocycles. The summed E-state index contributed by atoms with van der Waals surface area (Å²) in [5.74, 6) is 3.76. The molecule has 0 bridgehead atoms. The molecule has 2 aliphatic rings. The van der Waals surface area contributed by atoms with Gasteiger partial charge < -0.3 is 5.32 Å². The van der Waals surface area contributed by atoms with Crippen molar-refractivity contribution in [2.45, 2.75) is 32.6 Å². The van der Waals surface area contributed by atoms with Gasteiger partial charge in [-0.2, -0.15) is 0 Å². The van der Waals surface area contributed by atoms with E-state index in [4.69, 9.17) is 6.42 Å². The van der Waals surface area contributed by atoms with Crippen molar-refractivity contribution in [3.63, 3.8) is 0 Å². The number of nitrogens with one attached hydrogen (secondary N) is 1. The highest BCUT2D eigenvalue weighted by molar-refractivity contribution is 4.95. The van der Waals surface area contributed by atoms with E-state index in [2.05, 4.69) is 23.1 Å². The van der Waals surface area contributed by atoms with Crippen LogP contribution in [0.25, 0.3) is 0 Å². The summed E-state index contributed by atoms with van der Waals surface area (Å²) in [4.78, 5) is 2.51. The standard InChI is InChI=1S/C14H24N2/c1-3-9-16(10-13-5-6-13)12-14(4-2)7-8-15-11-14/h1,13,15H,4-12H2,2H3. The summed E-state index contributed by atoms with van der Waals surface area (Å²) in [6, 6.07) is 0. The Balaban J connectivity index is 1.89. The van der Waals surface area contributed by atoms with Crippen LogP contribution in [-0.4, -0.2) is 37.6 Å². The molecular weight excluding hydrogens is 196 g/mol. The Hall–Kier alpha value is -0.520. The minimum Gasteiger partial charge on any atom is -0.316 e. The number of rotatable bonds is 6. The molecule has 0 aromatic rings. The minimum atomic E-state index is 0.492. The first-order valence-electron chi connectivity index (χ1n) is 6.64. The molecule has 1 saturated heterocycles. The normalized spacial score (nSPS) is 29.6. The molecule has 1 N–H and O–H groups in total. The number of nitrogens with zero attached hydrogens (tertiary/aromatic N) is 1. The molecule has 0 spiro atoms. The fraction of sp³-hybridized carbons (Fsp3) is 0.857. The average Bonchev–Trinajstić information content (AvgIpc) is 2.96. The smallest absolute Gasteiger partial charge is 0.0599 e. The van der Waals surface area contributed by atoms with Gasteiger partial charge >= 0.3 is 0 Å². The number of terminal acetylenes is 1. The van der Waals surface area contributed by atoms with Crippen LogP contribution in [0.2, 0.25) is 0 Å². The molecule has 2 nitrogen and oxygen atoms in total. The predicted octanol–water partition coefficient (Wildman–Crippen LogP) is 1.72. The van der Waals surface area contributed by atoms with Gasteiger partial charge in [0.1, 0.15) is 0 Å². The van der Waals surface area contributed by atoms with Gasteiger partial charge in [-0.3, -0.25) is 4.90 Å². The Labute approximate surface area is 99.8 Å². The van der Waals surface area contributed by atoms with Crippen molar-refractivity contribution >= 4 is 0 Å². The Bertz CT molecular complexity index is 256. The zero-order chi connectivity index (χ0) is 11.4. The lowest BCUT2D eigenvalue weighted by atomic mass is 9.83. The summed E-state index contributed by atoms with van der Waals surface area (Å²) in [5.41, 5.74) is 0.492. The van der Waals surface area contributed by atoms with Gasteiger partial charge in [-0.1, -0.05) is 12.8 Å². The van der Waals surface area contributed by atoms with Crippen LogP contribution in [0, 0.1) is 23.7 Å². The first-order valence-corrected chi connectivity index (χ1v) is 6.64. The maximum atomic E-state index is 5.48. The van der Waals surface area contributed by atoms with Crippen molar-refractivity contribution in [1.29, 1.82) is 0 Å². The van der Waals surface area contributed by atoms with Gasteiger partial charge in [0.15, 0.2) is 0 Å². The lowest BCUT2D eigenvalue weighted by Gasteiger charge is -2.33. The van der Waals surface area contributed by atoms with Crippen LogP contribution < -0.4 is 5.32 Å². The molecule has 1 saturated carbocycles. The maximum absolute atomic E-state index is 5.48. The van der Waals surface area contributed by atoms with Crippen LogP contribution in [0.3, 0.4) is 0 Å². The van der Waals surface area contributed by atoms with E-state index in [9.17, 15) is 0 Å². The molecule has 90 valence electrons. The molecule has 0 radical (unpaired) electrons. The van der Waals surface area contributed by atoms with Crippen molar-refractivity contribution in [2.24, 2.45) is 11.3 Å². The second-order valence-electron chi connectivity index (χ2n) is 5.60. The molecule has 2 heteroatoms. The van der Waals surface area contributed by atoms with Gasteiger partial charge in [0.25, 0.3) is 0 Å². The van der Waals surface area contributed by atoms with E-state index in [0.717, 1.165) is 12.5 Å². The molecule has 2 fully saturated rings. The summed E-state index contributed by atoms with van der Waals surface area (Å²) >= 11 is 0. The highest BCUT2D eigenvalue weighted by Gasteiger charge is 2.35. The Kier molecular flexibility index (Phi) is 3.89. The quantitative estimate of drug-likeness (QED) is 0.686. The third-order valence-corrected chi connectivity index (χ3v) is 4.17. The van der Waals surface area contributed by atoms with Gasteiger partial charge in [-0.15, -0.1) is 6.42 Å². The SMILES string of the molecule is C#CCN(CC1CC1)CC1(CC)CCNC1. The van der Waals surface area contributed by atoms with Crippen molar-refractivity contribution in [3.05, 3.63) is 0 Å². The highest BCUT2D eigenvalue weighted by Crippen LogP contribution is 2.34. The lowest BCUT2D eigenvalue weighted by Crippen LogP contribution is -2.40. The van der Waals surface area contributed by atoms with Crippen molar-refractivity contribution in [2.75, 3.05) is 32.7 Å². The van der Waals surface area contributed by atoms with Crippen LogP contribution in [0.4, 0.5) is 0 Å². The third kappa shape index (κ3) is 2.99. The fourth-order valence-corrected chi connectivity index (χ4v) is 2.80. The zero-order valence-corrected chi connectivity index (χ0v) is 10.5. The van der Waals surface area contributed by atoms with Crippen molar-refractivity contribution in [3.8, 4) is 12.3 Å². The number of hydrogen-bond acceptors (Lipinski definition) is 2. The van der Waals surface area contributed by atoms with Crippen LogP contribution in [0.15, 0.2) is 0 Å². The molecule has 1 aliphatic carbocycles. The Morgan fingerprint density at radius 1 is 1.50 bits per heavy atom. The van der Waals surface area contributed by atoms with Crippen molar-refractivity contribution in [1.82, 2.24) is 10.2 Å². The maximum Gasteiger partial charge on any atom is 0.0599 e. The Morgan fingerprint density at radius 3 is 2.81 bits per heavy atom. The summed E-state index contributed by atoms with van der Waals surface area (Å²) in [6.07, 6.45) is 10.9. The summed E-state index contributed by atoms with van der Waals surface area (Å²) in [7, 11) is 0. The van der Waals surface area contributed by atoms with Gasteiger partial charge in [0.05, 0.1) is 6.54 Å². The van der Waals surface area contributed by atoms with Gasteiger partial charge in [-0.25, -0.2) is 0 Å². The molecular formula is C14H24N2. The fourth-order valence-electron chi connectivity index (χ4n) is 2.80. The topological polar surface area (TPSA) is 15.3 Å². The molecule has 1 heterocycles. The molecule has 1 aliphatic heterocycles. The molecule has 16 heavy (non-hydrogen) atoms. The lowest BCUT2D eigenvalue weighted by molar-refractivity contribution is 0.167. The van der Waals surface area contributed by atoms with Crippen LogP contribution >= 0.6 is 0 Å². The first-order chi connectivity index (χ1) is 7.78. The van der Waals surface area contributed by atoms with Gasteiger partial charge in [-0.05, 0) is 43.6 Å². The first kappa shape index (κ1) is 12.0. The van der Waals surface area contributed by atoms with Crippen LogP contribution in [0.5, 0.6) is 0 Å². The zero-order valence-electron chi connectivity index (χ0n) is 10.5. The predicted molar refractivity (Wildman–Crippen MR) is 68.2 cm³/mol. The van der Waals surface area contributed by atoms with E-state index in [0.29, 0.717) is 5.41 Å². The molecule has 1 atom stereocenters. The highest BCUT2D eigenvalue weighted by atomic mass is 15.1. The van der Waals surface area contributed by atoms with Crippen LogP contribution in [-0.2, 0) is 0 Å². The number of hydrogen-bond donors (Lipinski definition) is 1. The van der Waals surface area contributed by atoms with E-state index in [1.165, 1.54) is 51.9 Å². The van der Waals surface area contributed by atoms with E-state index in [1.54, 1.807) is 0 Å². The summed E-state index contributed by atoms with van der Waals surface area (Å²) in [5, 5.41) is 3.50.